The summed E-state index contributed by atoms with van der Waals surface area (Å²) in [6.07, 6.45) is 0.967. The van der Waals surface area contributed by atoms with Crippen molar-refractivity contribution in [3.63, 3.8) is 0 Å². The van der Waals surface area contributed by atoms with E-state index < -0.39 is 11.2 Å². The van der Waals surface area contributed by atoms with Crippen molar-refractivity contribution in [2.24, 2.45) is 5.92 Å². The van der Waals surface area contributed by atoms with E-state index in [1.807, 2.05) is 18.2 Å². The summed E-state index contributed by atoms with van der Waals surface area (Å²) in [5.41, 5.74) is 0.561. The van der Waals surface area contributed by atoms with E-state index in [0.29, 0.717) is 23.9 Å². The zero-order valence-corrected chi connectivity index (χ0v) is 18.2. The van der Waals surface area contributed by atoms with E-state index in [0.717, 1.165) is 24.1 Å². The molecule has 0 aliphatic carbocycles. The van der Waals surface area contributed by atoms with Gasteiger partial charge in [-0.25, -0.2) is 9.36 Å². The summed E-state index contributed by atoms with van der Waals surface area (Å²) in [4.78, 5) is 43.8. The number of aromatic nitrogens is 2. The maximum absolute atomic E-state index is 13.2. The molecular weight excluding hydrogens is 420 g/mol. The first kappa shape index (κ1) is 20.8. The molecule has 1 saturated heterocycles. The Balaban J connectivity index is 1.39. The maximum atomic E-state index is 13.2. The lowest BCUT2D eigenvalue weighted by molar-refractivity contribution is 0.0948. The van der Waals surface area contributed by atoms with Crippen LogP contribution in [0.2, 0.25) is 0 Å². The van der Waals surface area contributed by atoms with Crippen LogP contribution in [0.1, 0.15) is 22.5 Å². The zero-order chi connectivity index (χ0) is 22.9. The number of carbonyl (C=O) groups excluding carboxylic acids is 1. The van der Waals surface area contributed by atoms with E-state index in [-0.39, 0.29) is 22.6 Å². The lowest BCUT2D eigenvalue weighted by Gasteiger charge is -2.18. The molecule has 5 rings (SSSR count). The van der Waals surface area contributed by atoms with Crippen LogP contribution in [-0.2, 0) is 0 Å². The summed E-state index contributed by atoms with van der Waals surface area (Å²) in [6.45, 7) is 3.89. The van der Waals surface area contributed by atoms with Gasteiger partial charge in [-0.1, -0.05) is 36.4 Å². The number of anilines is 1. The van der Waals surface area contributed by atoms with Gasteiger partial charge in [0.05, 0.1) is 11.3 Å². The van der Waals surface area contributed by atoms with Crippen molar-refractivity contribution in [2.45, 2.75) is 13.3 Å². The summed E-state index contributed by atoms with van der Waals surface area (Å²) in [7, 11) is 0. The number of aryl methyl sites for hydroxylation is 1. The molecule has 0 radical (unpaired) electrons. The number of amides is 1. The lowest BCUT2D eigenvalue weighted by Crippen LogP contribution is -2.35. The molecule has 1 amide bonds. The van der Waals surface area contributed by atoms with Crippen molar-refractivity contribution in [2.75, 3.05) is 24.5 Å². The SMILES string of the molecule is Cc1oc2[nH]c(=O)n(-c3ccccc3)c(=O)c2c1C(=O)NCC1CCN(c2ccccc2)C1. The molecule has 2 N–H and O–H groups in total. The van der Waals surface area contributed by atoms with Crippen molar-refractivity contribution in [3.8, 4) is 5.69 Å². The fourth-order valence-electron chi connectivity index (χ4n) is 4.48. The minimum absolute atomic E-state index is 0.0101. The van der Waals surface area contributed by atoms with Gasteiger partial charge in [-0.15, -0.1) is 0 Å². The second-order valence-corrected chi connectivity index (χ2v) is 8.29. The van der Waals surface area contributed by atoms with Gasteiger partial charge in [0.1, 0.15) is 11.1 Å². The summed E-state index contributed by atoms with van der Waals surface area (Å²) in [5.74, 6) is 0.208. The largest absolute Gasteiger partial charge is 0.444 e. The lowest BCUT2D eigenvalue weighted by atomic mass is 10.1. The third-order valence-electron chi connectivity index (χ3n) is 6.12. The van der Waals surface area contributed by atoms with Gasteiger partial charge in [0.2, 0.25) is 5.71 Å². The number of aromatic amines is 1. The Morgan fingerprint density at radius 1 is 1.06 bits per heavy atom. The third-order valence-corrected chi connectivity index (χ3v) is 6.12. The van der Waals surface area contributed by atoms with Gasteiger partial charge in [0.15, 0.2) is 0 Å². The Bertz CT molecular complexity index is 1420. The highest BCUT2D eigenvalue weighted by atomic mass is 16.3. The Kier molecular flexibility index (Phi) is 5.34. The first-order chi connectivity index (χ1) is 16.0. The monoisotopic (exact) mass is 444 g/mol. The fraction of sp³-hybridized carbons (Fsp3) is 0.240. The molecule has 1 aliphatic heterocycles. The number of nitrogens with zero attached hydrogens (tertiary/aromatic N) is 2. The molecule has 1 unspecified atom stereocenters. The van der Waals surface area contributed by atoms with Crippen LogP contribution in [-0.4, -0.2) is 35.1 Å². The average Bonchev–Trinajstić information content (AvgIpc) is 3.43. The molecule has 0 bridgehead atoms. The predicted molar refractivity (Wildman–Crippen MR) is 126 cm³/mol. The molecule has 33 heavy (non-hydrogen) atoms. The van der Waals surface area contributed by atoms with Crippen molar-refractivity contribution in [3.05, 3.63) is 92.8 Å². The van der Waals surface area contributed by atoms with E-state index in [2.05, 4.69) is 27.3 Å². The van der Waals surface area contributed by atoms with Gasteiger partial charge in [0.25, 0.3) is 11.5 Å². The Morgan fingerprint density at radius 3 is 2.42 bits per heavy atom. The van der Waals surface area contributed by atoms with Crippen molar-refractivity contribution < 1.29 is 9.21 Å². The number of carbonyl (C=O) groups is 1. The summed E-state index contributed by atoms with van der Waals surface area (Å²) in [6, 6.07) is 18.8. The quantitative estimate of drug-likeness (QED) is 0.493. The maximum Gasteiger partial charge on any atom is 0.335 e. The van der Waals surface area contributed by atoms with Gasteiger partial charge in [-0.05, 0) is 43.5 Å². The molecule has 3 heterocycles. The molecule has 8 heteroatoms. The molecule has 8 nitrogen and oxygen atoms in total. The van der Waals surface area contributed by atoms with Crippen molar-refractivity contribution >= 4 is 22.7 Å². The fourth-order valence-corrected chi connectivity index (χ4v) is 4.48. The molecular formula is C25H24N4O4. The molecule has 0 saturated carbocycles. The molecule has 1 aliphatic rings. The van der Waals surface area contributed by atoms with Gasteiger partial charge in [0, 0.05) is 25.3 Å². The average molecular weight is 444 g/mol. The number of hydrogen-bond acceptors (Lipinski definition) is 5. The van der Waals surface area contributed by atoms with Crippen LogP contribution in [0.15, 0.2) is 74.7 Å². The Morgan fingerprint density at radius 2 is 1.73 bits per heavy atom. The van der Waals surface area contributed by atoms with E-state index in [1.165, 1.54) is 5.69 Å². The minimum Gasteiger partial charge on any atom is -0.444 e. The number of nitrogens with one attached hydrogen (secondary N) is 2. The van der Waals surface area contributed by atoms with Crippen LogP contribution < -0.4 is 21.5 Å². The number of furan rings is 1. The molecule has 0 spiro atoms. The molecule has 2 aromatic heterocycles. The van der Waals surface area contributed by atoms with Gasteiger partial charge < -0.3 is 14.6 Å². The first-order valence-electron chi connectivity index (χ1n) is 10.9. The second kappa shape index (κ2) is 8.46. The number of para-hydroxylation sites is 2. The summed E-state index contributed by atoms with van der Waals surface area (Å²) < 4.78 is 6.60. The number of H-pyrrole nitrogens is 1. The van der Waals surface area contributed by atoms with Crippen LogP contribution in [0.3, 0.4) is 0 Å². The van der Waals surface area contributed by atoms with Crippen LogP contribution in [0.25, 0.3) is 16.8 Å². The molecule has 2 aromatic carbocycles. The molecule has 1 fully saturated rings. The third kappa shape index (κ3) is 3.84. The van der Waals surface area contributed by atoms with Gasteiger partial charge in [-0.3, -0.25) is 14.6 Å². The zero-order valence-electron chi connectivity index (χ0n) is 18.2. The van der Waals surface area contributed by atoms with E-state index in [1.54, 1.807) is 37.3 Å². The smallest absolute Gasteiger partial charge is 0.335 e. The number of fused-ring (bicyclic) bond motifs is 1. The van der Waals surface area contributed by atoms with Gasteiger partial charge >= 0.3 is 5.69 Å². The summed E-state index contributed by atoms with van der Waals surface area (Å²) >= 11 is 0. The topological polar surface area (TPSA) is 100 Å². The van der Waals surface area contributed by atoms with E-state index in [9.17, 15) is 14.4 Å². The minimum atomic E-state index is -0.619. The number of rotatable bonds is 5. The Hall–Kier alpha value is -4.07. The van der Waals surface area contributed by atoms with Crippen molar-refractivity contribution in [1.82, 2.24) is 14.9 Å². The molecule has 1 atom stereocenters. The van der Waals surface area contributed by atoms with Crippen LogP contribution >= 0.6 is 0 Å². The highest BCUT2D eigenvalue weighted by Gasteiger charge is 2.27. The van der Waals surface area contributed by atoms with Crippen molar-refractivity contribution in [1.29, 1.82) is 0 Å². The standard InChI is InChI=1S/C25H24N4O4/c1-16-20(22(30)26-14-17-12-13-28(15-17)18-8-4-2-5-9-18)21-23(33-16)27-25(32)29(24(21)31)19-10-6-3-7-11-19/h2-11,17H,12-15H2,1H3,(H,26,30)(H,27,32). The van der Waals surface area contributed by atoms with Crippen LogP contribution in [0.5, 0.6) is 0 Å². The highest BCUT2D eigenvalue weighted by molar-refractivity contribution is 6.06. The second-order valence-electron chi connectivity index (χ2n) is 8.29. The van der Waals surface area contributed by atoms with E-state index >= 15 is 0 Å². The van der Waals surface area contributed by atoms with Gasteiger partial charge in [-0.2, -0.15) is 0 Å². The molecule has 168 valence electrons. The van der Waals surface area contributed by atoms with Crippen LogP contribution in [0, 0.1) is 12.8 Å². The predicted octanol–water partition coefficient (Wildman–Crippen LogP) is 2.84. The van der Waals surface area contributed by atoms with Crippen LogP contribution in [0.4, 0.5) is 5.69 Å². The van der Waals surface area contributed by atoms with E-state index in [4.69, 9.17) is 4.42 Å². The number of hydrogen-bond donors (Lipinski definition) is 2. The summed E-state index contributed by atoms with van der Waals surface area (Å²) in [5, 5.41) is 3.04. The first-order valence-corrected chi connectivity index (χ1v) is 10.9. The number of benzene rings is 2. The molecule has 4 aromatic rings. The highest BCUT2D eigenvalue weighted by Crippen LogP contribution is 2.24. The Labute approximate surface area is 189 Å². The normalized spacial score (nSPS) is 15.8.